The zero-order chi connectivity index (χ0) is 21.5. The van der Waals surface area contributed by atoms with E-state index in [1.807, 2.05) is 96.5 Å². The van der Waals surface area contributed by atoms with E-state index in [2.05, 4.69) is 0 Å². The molecule has 0 aliphatic rings. The third-order valence-electron chi connectivity index (χ3n) is 5.39. The van der Waals surface area contributed by atoms with Crippen molar-refractivity contribution in [1.29, 1.82) is 0 Å². The van der Waals surface area contributed by atoms with E-state index in [9.17, 15) is 9.59 Å². The van der Waals surface area contributed by atoms with Gasteiger partial charge in [-0.25, -0.2) is 0 Å². The maximum atomic E-state index is 13.4. The highest BCUT2D eigenvalue weighted by Crippen LogP contribution is 2.17. The number of benzene rings is 1. The molecule has 0 N–H and O–H groups in total. The number of hydrogen-bond acceptors (Lipinski definition) is 3. The molecular formula is C24H29N3O2S. The van der Waals surface area contributed by atoms with Crippen molar-refractivity contribution in [2.75, 3.05) is 6.54 Å². The van der Waals surface area contributed by atoms with Gasteiger partial charge in [0.15, 0.2) is 0 Å². The Balaban J connectivity index is 1.82. The monoisotopic (exact) mass is 423 g/mol. The number of thiophene rings is 1. The molecule has 2 amide bonds. The van der Waals surface area contributed by atoms with Crippen molar-refractivity contribution < 1.29 is 9.59 Å². The van der Waals surface area contributed by atoms with E-state index in [-0.39, 0.29) is 24.4 Å². The van der Waals surface area contributed by atoms with Crippen LogP contribution in [0.4, 0.5) is 0 Å². The SMILES string of the molecule is CC[C@@H](C)N(CC(=O)N(Cc1ccccc1)Cc1cccn1C)C(=O)c1cccs1. The van der Waals surface area contributed by atoms with Gasteiger partial charge in [0.1, 0.15) is 6.54 Å². The molecular weight excluding hydrogens is 394 g/mol. The Bertz CT molecular complexity index is 950. The van der Waals surface area contributed by atoms with Crippen molar-refractivity contribution in [3.8, 4) is 0 Å². The molecule has 0 aliphatic heterocycles. The minimum absolute atomic E-state index is 0.0165. The van der Waals surface area contributed by atoms with E-state index in [0.717, 1.165) is 17.7 Å². The van der Waals surface area contributed by atoms with Crippen LogP contribution in [0.15, 0.2) is 66.2 Å². The maximum Gasteiger partial charge on any atom is 0.264 e. The van der Waals surface area contributed by atoms with Crippen LogP contribution in [-0.4, -0.2) is 38.8 Å². The summed E-state index contributed by atoms with van der Waals surface area (Å²) in [4.78, 5) is 30.7. The number of aromatic nitrogens is 1. The smallest absolute Gasteiger partial charge is 0.264 e. The van der Waals surface area contributed by atoms with Gasteiger partial charge in [-0.2, -0.15) is 0 Å². The molecule has 0 spiro atoms. The van der Waals surface area contributed by atoms with Gasteiger partial charge in [0.05, 0.1) is 11.4 Å². The Kier molecular flexibility index (Phi) is 7.46. The van der Waals surface area contributed by atoms with Crippen LogP contribution in [0.1, 0.15) is 41.2 Å². The lowest BCUT2D eigenvalue weighted by Gasteiger charge is -2.31. The Morgan fingerprint density at radius 1 is 1.03 bits per heavy atom. The fraction of sp³-hybridized carbons (Fsp3) is 0.333. The molecule has 0 radical (unpaired) electrons. The van der Waals surface area contributed by atoms with Crippen molar-refractivity contribution in [2.45, 2.75) is 39.4 Å². The average Bonchev–Trinajstić information content (AvgIpc) is 3.43. The van der Waals surface area contributed by atoms with Crippen LogP contribution in [0.2, 0.25) is 0 Å². The molecule has 0 bridgehead atoms. The quantitative estimate of drug-likeness (QED) is 0.507. The van der Waals surface area contributed by atoms with E-state index >= 15 is 0 Å². The van der Waals surface area contributed by atoms with Crippen LogP contribution in [0.3, 0.4) is 0 Å². The second-order valence-corrected chi connectivity index (χ2v) is 8.46. The van der Waals surface area contributed by atoms with E-state index in [1.54, 1.807) is 4.90 Å². The van der Waals surface area contributed by atoms with Crippen LogP contribution in [-0.2, 0) is 24.9 Å². The highest BCUT2D eigenvalue weighted by atomic mass is 32.1. The Labute approximate surface area is 182 Å². The second-order valence-electron chi connectivity index (χ2n) is 7.51. The van der Waals surface area contributed by atoms with Crippen molar-refractivity contribution in [3.05, 3.63) is 82.3 Å². The van der Waals surface area contributed by atoms with Crippen LogP contribution in [0, 0.1) is 0 Å². The van der Waals surface area contributed by atoms with Crippen LogP contribution >= 0.6 is 11.3 Å². The summed E-state index contributed by atoms with van der Waals surface area (Å²) in [6, 6.07) is 17.6. The van der Waals surface area contributed by atoms with Crippen molar-refractivity contribution in [3.63, 3.8) is 0 Å². The van der Waals surface area contributed by atoms with Gasteiger partial charge >= 0.3 is 0 Å². The topological polar surface area (TPSA) is 45.6 Å². The van der Waals surface area contributed by atoms with Crippen molar-refractivity contribution >= 4 is 23.2 Å². The Hall–Kier alpha value is -2.86. The number of rotatable bonds is 9. The largest absolute Gasteiger partial charge is 0.353 e. The first-order chi connectivity index (χ1) is 14.5. The summed E-state index contributed by atoms with van der Waals surface area (Å²) in [5.41, 5.74) is 2.12. The van der Waals surface area contributed by atoms with Gasteiger partial charge in [0, 0.05) is 31.5 Å². The lowest BCUT2D eigenvalue weighted by molar-refractivity contribution is -0.133. The molecule has 0 saturated heterocycles. The van der Waals surface area contributed by atoms with E-state index < -0.39 is 0 Å². The minimum Gasteiger partial charge on any atom is -0.353 e. The number of carbonyl (C=O) groups excluding carboxylic acids is 2. The summed E-state index contributed by atoms with van der Waals surface area (Å²) in [6.45, 7) is 5.11. The van der Waals surface area contributed by atoms with Gasteiger partial charge in [0.25, 0.3) is 5.91 Å². The molecule has 2 aromatic heterocycles. The van der Waals surface area contributed by atoms with Crippen LogP contribution in [0.25, 0.3) is 0 Å². The van der Waals surface area contributed by atoms with Gasteiger partial charge in [-0.3, -0.25) is 9.59 Å². The summed E-state index contributed by atoms with van der Waals surface area (Å²) in [5, 5.41) is 1.89. The van der Waals surface area contributed by atoms with Gasteiger partial charge in [-0.05, 0) is 42.5 Å². The minimum atomic E-state index is -0.0776. The molecule has 158 valence electrons. The third kappa shape index (κ3) is 5.39. The number of carbonyl (C=O) groups is 2. The number of amides is 2. The first-order valence-corrected chi connectivity index (χ1v) is 11.1. The third-order valence-corrected chi connectivity index (χ3v) is 6.25. The lowest BCUT2D eigenvalue weighted by Crippen LogP contribution is -2.46. The lowest BCUT2D eigenvalue weighted by atomic mass is 10.2. The van der Waals surface area contributed by atoms with Crippen LogP contribution in [0.5, 0.6) is 0 Å². The highest BCUT2D eigenvalue weighted by Gasteiger charge is 2.26. The average molecular weight is 424 g/mol. The van der Waals surface area contributed by atoms with Crippen molar-refractivity contribution in [1.82, 2.24) is 14.4 Å². The van der Waals surface area contributed by atoms with Crippen molar-refractivity contribution in [2.24, 2.45) is 7.05 Å². The summed E-state index contributed by atoms with van der Waals surface area (Å²) < 4.78 is 2.02. The summed E-state index contributed by atoms with van der Waals surface area (Å²) in [5.74, 6) is -0.128. The number of nitrogens with zero attached hydrogens (tertiary/aromatic N) is 3. The predicted molar refractivity (Wildman–Crippen MR) is 121 cm³/mol. The standard InChI is InChI=1S/C24H29N3O2S/c1-4-19(2)27(24(29)22-13-9-15-30-22)18-23(28)26(16-20-10-6-5-7-11-20)17-21-12-8-14-25(21)3/h5-15,19H,4,16-18H2,1-3H3/t19-/m1/s1. The summed E-state index contributed by atoms with van der Waals surface area (Å²) in [7, 11) is 1.98. The summed E-state index contributed by atoms with van der Waals surface area (Å²) >= 11 is 1.41. The fourth-order valence-electron chi connectivity index (χ4n) is 3.33. The number of hydrogen-bond donors (Lipinski definition) is 0. The molecule has 3 rings (SSSR count). The zero-order valence-corrected chi connectivity index (χ0v) is 18.6. The summed E-state index contributed by atoms with van der Waals surface area (Å²) in [6.07, 6.45) is 2.77. The maximum absolute atomic E-state index is 13.4. The number of aryl methyl sites for hydroxylation is 1. The van der Waals surface area contributed by atoms with Crippen LogP contribution < -0.4 is 0 Å². The Morgan fingerprint density at radius 2 is 1.80 bits per heavy atom. The van der Waals surface area contributed by atoms with Gasteiger partial charge < -0.3 is 14.4 Å². The molecule has 0 saturated carbocycles. The first kappa shape index (κ1) is 21.8. The van der Waals surface area contributed by atoms with E-state index in [4.69, 9.17) is 0 Å². The first-order valence-electron chi connectivity index (χ1n) is 10.3. The zero-order valence-electron chi connectivity index (χ0n) is 17.8. The van der Waals surface area contributed by atoms with Gasteiger partial charge in [-0.1, -0.05) is 43.3 Å². The Morgan fingerprint density at radius 3 is 2.40 bits per heavy atom. The predicted octanol–water partition coefficient (Wildman–Crippen LogP) is 4.56. The van der Waals surface area contributed by atoms with E-state index in [1.165, 1.54) is 11.3 Å². The van der Waals surface area contributed by atoms with Gasteiger partial charge in [-0.15, -0.1) is 11.3 Å². The van der Waals surface area contributed by atoms with Gasteiger partial charge in [0.2, 0.25) is 5.91 Å². The molecule has 5 nitrogen and oxygen atoms in total. The molecule has 6 heteroatoms. The fourth-order valence-corrected chi connectivity index (χ4v) is 4.01. The molecule has 2 heterocycles. The molecule has 0 fully saturated rings. The highest BCUT2D eigenvalue weighted by molar-refractivity contribution is 7.12. The molecule has 30 heavy (non-hydrogen) atoms. The molecule has 0 unspecified atom stereocenters. The normalized spacial score (nSPS) is 11.8. The molecule has 3 aromatic rings. The second kappa shape index (κ2) is 10.3. The molecule has 1 aromatic carbocycles. The van der Waals surface area contributed by atoms with E-state index in [0.29, 0.717) is 18.0 Å². The molecule has 0 aliphatic carbocycles. The molecule has 1 atom stereocenters.